The van der Waals surface area contributed by atoms with Gasteiger partial charge < -0.3 is 0 Å². The van der Waals surface area contributed by atoms with Crippen molar-refractivity contribution in [1.82, 2.24) is 4.98 Å². The molecule has 1 aromatic rings. The number of hydrogen-bond donors (Lipinski definition) is 0. The monoisotopic (exact) mass is 172 g/mol. The van der Waals surface area contributed by atoms with Crippen LogP contribution in [0.5, 0.6) is 0 Å². The van der Waals surface area contributed by atoms with E-state index < -0.39 is 0 Å². The summed E-state index contributed by atoms with van der Waals surface area (Å²) in [6, 6.07) is 5.97. The van der Waals surface area contributed by atoms with Gasteiger partial charge in [0.15, 0.2) is 0 Å². The second-order valence-corrected chi connectivity index (χ2v) is 3.06. The fourth-order valence-corrected chi connectivity index (χ4v) is 1.36. The van der Waals surface area contributed by atoms with Gasteiger partial charge in [-0.25, -0.2) is 0 Å². The largest absolute Gasteiger partial charge is 0.289 e. The van der Waals surface area contributed by atoms with Crippen LogP contribution in [0.15, 0.2) is 41.5 Å². The van der Waals surface area contributed by atoms with Gasteiger partial charge in [0.25, 0.3) is 0 Å². The molecule has 0 atom stereocenters. The number of aromatic nitrogens is 1. The Morgan fingerprint density at radius 1 is 1.31 bits per heavy atom. The zero-order valence-corrected chi connectivity index (χ0v) is 7.48. The molecular formula is C11H12N2. The summed E-state index contributed by atoms with van der Waals surface area (Å²) in [6.07, 6.45) is 8.02. The van der Waals surface area contributed by atoms with E-state index in [9.17, 15) is 0 Å². The van der Waals surface area contributed by atoms with Crippen molar-refractivity contribution in [3.8, 4) is 0 Å². The SMILES string of the molecule is C1=CC(Cc2ccccn2)=NCC1. The Labute approximate surface area is 78.0 Å². The minimum atomic E-state index is 0.858. The number of aliphatic imine (C=N–C) groups is 1. The van der Waals surface area contributed by atoms with Crippen molar-refractivity contribution >= 4 is 5.71 Å². The molecule has 0 radical (unpaired) electrons. The molecule has 66 valence electrons. The van der Waals surface area contributed by atoms with E-state index in [4.69, 9.17) is 0 Å². The van der Waals surface area contributed by atoms with Crippen molar-refractivity contribution in [3.05, 3.63) is 42.2 Å². The Hall–Kier alpha value is -1.44. The van der Waals surface area contributed by atoms with E-state index in [1.54, 1.807) is 0 Å². The first-order valence-corrected chi connectivity index (χ1v) is 4.55. The summed E-state index contributed by atoms with van der Waals surface area (Å²) in [5, 5.41) is 0. The van der Waals surface area contributed by atoms with Gasteiger partial charge in [-0.05, 0) is 24.6 Å². The van der Waals surface area contributed by atoms with Gasteiger partial charge in [0, 0.05) is 30.6 Å². The Bertz CT molecular complexity index is 325. The lowest BCUT2D eigenvalue weighted by atomic mass is 10.1. The molecule has 0 unspecified atom stereocenters. The molecule has 2 nitrogen and oxygen atoms in total. The highest BCUT2D eigenvalue weighted by Gasteiger charge is 2.00. The smallest absolute Gasteiger partial charge is 0.0462 e. The average molecular weight is 172 g/mol. The van der Waals surface area contributed by atoms with Gasteiger partial charge >= 0.3 is 0 Å². The summed E-state index contributed by atoms with van der Waals surface area (Å²) >= 11 is 0. The van der Waals surface area contributed by atoms with Crippen LogP contribution >= 0.6 is 0 Å². The van der Waals surface area contributed by atoms with E-state index in [0.29, 0.717) is 0 Å². The molecule has 1 aliphatic heterocycles. The molecule has 1 aromatic heterocycles. The molecular weight excluding hydrogens is 160 g/mol. The molecule has 0 N–H and O–H groups in total. The van der Waals surface area contributed by atoms with Crippen LogP contribution in [0.4, 0.5) is 0 Å². The Morgan fingerprint density at radius 3 is 3.00 bits per heavy atom. The number of dihydropyridines is 1. The molecule has 0 bridgehead atoms. The Kier molecular flexibility index (Phi) is 2.51. The maximum atomic E-state index is 4.41. The van der Waals surface area contributed by atoms with E-state index in [1.807, 2.05) is 24.4 Å². The quantitative estimate of drug-likeness (QED) is 0.670. The summed E-state index contributed by atoms with van der Waals surface area (Å²) in [7, 11) is 0. The van der Waals surface area contributed by atoms with Crippen LogP contribution in [0.1, 0.15) is 12.1 Å². The van der Waals surface area contributed by atoms with E-state index in [0.717, 1.165) is 30.8 Å². The van der Waals surface area contributed by atoms with E-state index in [2.05, 4.69) is 22.1 Å². The van der Waals surface area contributed by atoms with Gasteiger partial charge in [0.2, 0.25) is 0 Å². The average Bonchev–Trinajstić information content (AvgIpc) is 2.21. The summed E-state index contributed by atoms with van der Waals surface area (Å²) in [4.78, 5) is 8.67. The van der Waals surface area contributed by atoms with Crippen molar-refractivity contribution in [2.24, 2.45) is 4.99 Å². The van der Waals surface area contributed by atoms with Gasteiger partial charge in [-0.3, -0.25) is 9.98 Å². The van der Waals surface area contributed by atoms with Crippen LogP contribution in [0.25, 0.3) is 0 Å². The molecule has 2 heterocycles. The lowest BCUT2D eigenvalue weighted by molar-refractivity contribution is 0.978. The van der Waals surface area contributed by atoms with Crippen LogP contribution in [-0.4, -0.2) is 17.2 Å². The molecule has 0 saturated carbocycles. The Balaban J connectivity index is 2.06. The van der Waals surface area contributed by atoms with Gasteiger partial charge in [0.05, 0.1) is 0 Å². The molecule has 13 heavy (non-hydrogen) atoms. The third-order valence-electron chi connectivity index (χ3n) is 2.01. The number of nitrogens with zero attached hydrogens (tertiary/aromatic N) is 2. The van der Waals surface area contributed by atoms with Crippen LogP contribution in [-0.2, 0) is 6.42 Å². The summed E-state index contributed by atoms with van der Waals surface area (Å²) < 4.78 is 0. The molecule has 0 saturated heterocycles. The maximum Gasteiger partial charge on any atom is 0.0462 e. The highest BCUT2D eigenvalue weighted by molar-refractivity contribution is 5.96. The molecule has 0 amide bonds. The van der Waals surface area contributed by atoms with Crippen molar-refractivity contribution in [2.45, 2.75) is 12.8 Å². The fourth-order valence-electron chi connectivity index (χ4n) is 1.36. The number of rotatable bonds is 2. The van der Waals surface area contributed by atoms with E-state index in [-0.39, 0.29) is 0 Å². The Morgan fingerprint density at radius 2 is 2.31 bits per heavy atom. The van der Waals surface area contributed by atoms with Crippen LogP contribution < -0.4 is 0 Å². The second-order valence-electron chi connectivity index (χ2n) is 3.06. The third-order valence-corrected chi connectivity index (χ3v) is 2.01. The van der Waals surface area contributed by atoms with Gasteiger partial charge in [-0.1, -0.05) is 12.1 Å². The molecule has 0 fully saturated rings. The summed E-state index contributed by atoms with van der Waals surface area (Å²) in [5.41, 5.74) is 2.23. The van der Waals surface area contributed by atoms with Crippen LogP contribution in [0.2, 0.25) is 0 Å². The number of hydrogen-bond acceptors (Lipinski definition) is 2. The highest BCUT2D eigenvalue weighted by Crippen LogP contribution is 2.02. The number of allylic oxidation sites excluding steroid dienone is 1. The second kappa shape index (κ2) is 3.99. The van der Waals surface area contributed by atoms with Crippen LogP contribution in [0.3, 0.4) is 0 Å². The minimum Gasteiger partial charge on any atom is -0.289 e. The topological polar surface area (TPSA) is 25.2 Å². The lowest BCUT2D eigenvalue weighted by Gasteiger charge is -2.04. The molecule has 1 aliphatic rings. The first-order valence-electron chi connectivity index (χ1n) is 4.55. The minimum absolute atomic E-state index is 0.858. The van der Waals surface area contributed by atoms with Crippen molar-refractivity contribution in [1.29, 1.82) is 0 Å². The van der Waals surface area contributed by atoms with Gasteiger partial charge in [0.1, 0.15) is 0 Å². The molecule has 0 spiro atoms. The van der Waals surface area contributed by atoms with Gasteiger partial charge in [-0.15, -0.1) is 0 Å². The zero-order valence-electron chi connectivity index (χ0n) is 7.48. The third kappa shape index (κ3) is 2.25. The standard InChI is InChI=1S/C11H12N2/c1-3-7-12-10(5-1)9-11-6-2-4-8-13-11/h1-3,5-7H,4,8-9H2. The summed E-state index contributed by atoms with van der Waals surface area (Å²) in [6.45, 7) is 0.929. The van der Waals surface area contributed by atoms with Crippen molar-refractivity contribution < 1.29 is 0 Å². The lowest BCUT2D eigenvalue weighted by Crippen LogP contribution is -2.05. The normalized spacial score (nSPS) is 15.5. The highest BCUT2D eigenvalue weighted by atomic mass is 14.7. The predicted octanol–water partition coefficient (Wildman–Crippen LogP) is 2.02. The first-order chi connectivity index (χ1) is 6.45. The maximum absolute atomic E-state index is 4.41. The van der Waals surface area contributed by atoms with Gasteiger partial charge in [-0.2, -0.15) is 0 Å². The molecule has 0 aliphatic carbocycles. The fraction of sp³-hybridized carbons (Fsp3) is 0.273. The van der Waals surface area contributed by atoms with Crippen molar-refractivity contribution in [3.63, 3.8) is 0 Å². The summed E-state index contributed by atoms with van der Waals surface area (Å²) in [5.74, 6) is 0. The van der Waals surface area contributed by atoms with Crippen molar-refractivity contribution in [2.75, 3.05) is 6.54 Å². The van der Waals surface area contributed by atoms with E-state index >= 15 is 0 Å². The molecule has 2 rings (SSSR count). The predicted molar refractivity (Wildman–Crippen MR) is 54.0 cm³/mol. The zero-order chi connectivity index (χ0) is 8.93. The first kappa shape index (κ1) is 8.17. The molecule has 0 aromatic carbocycles. The number of pyridine rings is 1. The van der Waals surface area contributed by atoms with Crippen LogP contribution in [0, 0.1) is 0 Å². The van der Waals surface area contributed by atoms with E-state index in [1.165, 1.54) is 0 Å². The molecule has 2 heteroatoms.